The van der Waals surface area contributed by atoms with Crippen LogP contribution in [0.2, 0.25) is 0 Å². The van der Waals surface area contributed by atoms with Crippen molar-refractivity contribution in [1.29, 1.82) is 0 Å². The van der Waals surface area contributed by atoms with Crippen LogP contribution < -0.4 is 0 Å². The Morgan fingerprint density at radius 3 is 1.21 bits per heavy atom. The van der Waals surface area contributed by atoms with Gasteiger partial charge in [0.15, 0.2) is 0 Å². The molecule has 0 bridgehead atoms. The average molecular weight is 457 g/mol. The molecule has 0 aliphatic rings. The first-order chi connectivity index (χ1) is 16.5. The molecular formula is C33H29P. The van der Waals surface area contributed by atoms with Crippen LogP contribution in [0.4, 0.5) is 0 Å². The van der Waals surface area contributed by atoms with Crippen LogP contribution in [0.3, 0.4) is 0 Å². The molecule has 5 aromatic rings. The topological polar surface area (TPSA) is 0 Å². The molecule has 0 saturated carbocycles. The van der Waals surface area contributed by atoms with E-state index in [1.165, 1.54) is 74.4 Å². The van der Waals surface area contributed by atoms with Crippen molar-refractivity contribution in [2.45, 2.75) is 27.7 Å². The Morgan fingerprint density at radius 2 is 0.824 bits per heavy atom. The van der Waals surface area contributed by atoms with Crippen molar-refractivity contribution in [3.05, 3.63) is 125 Å². The lowest BCUT2D eigenvalue weighted by molar-refractivity contribution is 1.39. The van der Waals surface area contributed by atoms with Crippen LogP contribution in [0.1, 0.15) is 22.3 Å². The van der Waals surface area contributed by atoms with Gasteiger partial charge < -0.3 is 0 Å². The molecule has 166 valence electrons. The fourth-order valence-electron chi connectivity index (χ4n) is 4.76. The summed E-state index contributed by atoms with van der Waals surface area (Å²) in [6.45, 7) is 8.81. The first kappa shape index (κ1) is 22.3. The van der Waals surface area contributed by atoms with E-state index in [1.54, 1.807) is 0 Å². The van der Waals surface area contributed by atoms with Gasteiger partial charge in [0.05, 0.1) is 0 Å². The van der Waals surface area contributed by atoms with Crippen LogP contribution in [0.5, 0.6) is 0 Å². The van der Waals surface area contributed by atoms with Crippen LogP contribution in [0.25, 0.3) is 44.0 Å². The molecule has 0 nitrogen and oxygen atoms in total. The molecule has 0 fully saturated rings. The Morgan fingerprint density at radius 1 is 0.412 bits per heavy atom. The number of rotatable bonds is 4. The van der Waals surface area contributed by atoms with Gasteiger partial charge in [-0.25, -0.2) is 0 Å². The van der Waals surface area contributed by atoms with E-state index in [0.717, 1.165) is 0 Å². The van der Waals surface area contributed by atoms with Crippen LogP contribution in [0.15, 0.2) is 103 Å². The largest absolute Gasteiger partial charge is 0.0622 e. The molecule has 0 radical (unpaired) electrons. The SMILES string of the molecule is Cc1ccc(-c2pc(-c3ccc(C)cc3C)c(-c3ccccc3)cc2-c2ccccc2)c(C)c1. The molecule has 1 aromatic heterocycles. The highest BCUT2D eigenvalue weighted by Crippen LogP contribution is 2.50. The summed E-state index contributed by atoms with van der Waals surface area (Å²) >= 11 is 0. The zero-order valence-electron chi connectivity index (χ0n) is 20.3. The van der Waals surface area contributed by atoms with E-state index in [0.29, 0.717) is 0 Å². The highest BCUT2D eigenvalue weighted by atomic mass is 31.0. The monoisotopic (exact) mass is 456 g/mol. The maximum atomic E-state index is 2.42. The van der Waals surface area contributed by atoms with Gasteiger partial charge >= 0.3 is 0 Å². The predicted molar refractivity (Wildman–Crippen MR) is 150 cm³/mol. The molecule has 4 aromatic carbocycles. The lowest BCUT2D eigenvalue weighted by Crippen LogP contribution is -1.92. The van der Waals surface area contributed by atoms with Crippen molar-refractivity contribution >= 4 is 8.19 Å². The van der Waals surface area contributed by atoms with Crippen molar-refractivity contribution in [3.63, 3.8) is 0 Å². The Hall–Kier alpha value is -3.47. The average Bonchev–Trinajstić information content (AvgIpc) is 2.85. The fourth-order valence-corrected chi connectivity index (χ4v) is 6.35. The summed E-state index contributed by atoms with van der Waals surface area (Å²) < 4.78 is 0. The highest BCUT2D eigenvalue weighted by Gasteiger charge is 2.18. The second-order valence-corrected chi connectivity index (χ2v) is 10.3. The molecule has 0 aliphatic heterocycles. The molecule has 1 heteroatoms. The van der Waals surface area contributed by atoms with Crippen LogP contribution in [-0.4, -0.2) is 0 Å². The molecular weight excluding hydrogens is 427 g/mol. The summed E-state index contributed by atoms with van der Waals surface area (Å²) in [4.78, 5) is 0. The molecule has 0 atom stereocenters. The van der Waals surface area contributed by atoms with Gasteiger partial charge in [-0.15, -0.1) is 0 Å². The minimum Gasteiger partial charge on any atom is -0.0622 e. The third-order valence-corrected chi connectivity index (χ3v) is 7.88. The van der Waals surface area contributed by atoms with Gasteiger partial charge in [-0.2, -0.15) is 0 Å². The van der Waals surface area contributed by atoms with E-state index >= 15 is 0 Å². The van der Waals surface area contributed by atoms with Crippen LogP contribution >= 0.6 is 8.19 Å². The molecule has 0 amide bonds. The molecule has 0 spiro atoms. The van der Waals surface area contributed by atoms with Gasteiger partial charge in [0, 0.05) is 10.6 Å². The van der Waals surface area contributed by atoms with Crippen molar-refractivity contribution in [2.24, 2.45) is 0 Å². The van der Waals surface area contributed by atoms with Gasteiger partial charge in [-0.1, -0.05) is 116 Å². The molecule has 0 saturated heterocycles. The standard InChI is InChI=1S/C33H29P/c1-22-15-17-28(24(3)19-22)32-30(26-11-7-5-8-12-26)21-31(27-13-9-6-10-14-27)33(34-32)29-18-16-23(2)20-25(29)4/h5-21H,1-4H3. The summed E-state index contributed by atoms with van der Waals surface area (Å²) in [7, 11) is 1.24. The van der Waals surface area contributed by atoms with Crippen molar-refractivity contribution in [2.75, 3.05) is 0 Å². The Balaban J connectivity index is 1.89. The number of hydrogen-bond donors (Lipinski definition) is 0. The summed E-state index contributed by atoms with van der Waals surface area (Å²) in [6, 6.07) is 37.8. The zero-order chi connectivity index (χ0) is 23.7. The van der Waals surface area contributed by atoms with Gasteiger partial charge in [-0.3, -0.25) is 0 Å². The quantitative estimate of drug-likeness (QED) is 0.252. The molecule has 34 heavy (non-hydrogen) atoms. The van der Waals surface area contributed by atoms with Crippen molar-refractivity contribution in [3.8, 4) is 44.0 Å². The minimum atomic E-state index is 1.24. The number of aryl methyl sites for hydroxylation is 4. The second kappa shape index (κ2) is 9.41. The lowest BCUT2D eigenvalue weighted by Gasteiger charge is -2.20. The van der Waals surface area contributed by atoms with E-state index in [9.17, 15) is 0 Å². The molecule has 0 unspecified atom stereocenters. The lowest BCUT2D eigenvalue weighted by atomic mass is 9.93. The molecule has 0 aliphatic carbocycles. The van der Waals surface area contributed by atoms with E-state index in [4.69, 9.17) is 0 Å². The first-order valence-corrected chi connectivity index (χ1v) is 12.7. The summed E-state index contributed by atoms with van der Waals surface area (Å²) in [5.41, 5.74) is 13.1. The Labute approximate surface area is 205 Å². The van der Waals surface area contributed by atoms with Gasteiger partial charge in [0.1, 0.15) is 0 Å². The van der Waals surface area contributed by atoms with E-state index in [2.05, 4.69) is 131 Å². The molecule has 1 heterocycles. The predicted octanol–water partition coefficient (Wildman–Crippen LogP) is 10.2. The molecule has 5 rings (SSSR count). The number of hydrogen-bond acceptors (Lipinski definition) is 0. The van der Waals surface area contributed by atoms with Gasteiger partial charge in [-0.05, 0) is 78.3 Å². The van der Waals surface area contributed by atoms with Gasteiger partial charge in [0.2, 0.25) is 0 Å². The van der Waals surface area contributed by atoms with Crippen LogP contribution in [-0.2, 0) is 0 Å². The van der Waals surface area contributed by atoms with E-state index in [1.807, 2.05) is 0 Å². The highest BCUT2D eigenvalue weighted by molar-refractivity contribution is 7.38. The summed E-state index contributed by atoms with van der Waals surface area (Å²) in [6.07, 6.45) is 0. The van der Waals surface area contributed by atoms with Crippen molar-refractivity contribution in [1.82, 2.24) is 0 Å². The van der Waals surface area contributed by atoms with E-state index < -0.39 is 0 Å². The Kier molecular flexibility index (Phi) is 6.18. The second-order valence-electron chi connectivity index (χ2n) is 9.15. The fraction of sp³-hybridized carbons (Fsp3) is 0.121. The van der Waals surface area contributed by atoms with Crippen molar-refractivity contribution < 1.29 is 0 Å². The third kappa shape index (κ3) is 4.35. The maximum absolute atomic E-state index is 2.42. The maximum Gasteiger partial charge on any atom is 0.0178 e. The smallest absolute Gasteiger partial charge is 0.0178 e. The van der Waals surface area contributed by atoms with E-state index in [-0.39, 0.29) is 0 Å². The first-order valence-electron chi connectivity index (χ1n) is 11.8. The normalized spacial score (nSPS) is 10.9. The number of benzene rings is 4. The van der Waals surface area contributed by atoms with Crippen LogP contribution in [0, 0.1) is 27.7 Å². The third-order valence-electron chi connectivity index (χ3n) is 6.47. The minimum absolute atomic E-state index is 1.24. The Bertz CT molecular complexity index is 1350. The summed E-state index contributed by atoms with van der Waals surface area (Å²) in [5.74, 6) is 0. The summed E-state index contributed by atoms with van der Waals surface area (Å²) in [5, 5.41) is 2.75. The van der Waals surface area contributed by atoms with Gasteiger partial charge in [0.25, 0.3) is 0 Å². The zero-order valence-corrected chi connectivity index (χ0v) is 21.2. The molecule has 0 N–H and O–H groups in total.